The molecule has 19 heavy (non-hydrogen) atoms. The van der Waals surface area contributed by atoms with Crippen LogP contribution >= 0.6 is 27.5 Å². The molecular weight excluding hydrogens is 346 g/mol. The maximum atomic E-state index is 12.6. The highest BCUT2D eigenvalue weighted by Gasteiger charge is 2.33. The fraction of sp³-hybridized carbons (Fsp3) is 0.0909. The summed E-state index contributed by atoms with van der Waals surface area (Å²) in [6.45, 7) is 0. The molecule has 0 aliphatic carbocycles. The largest absolute Gasteiger partial charge is 0.433 e. The van der Waals surface area contributed by atoms with E-state index < -0.39 is 17.2 Å². The lowest BCUT2D eigenvalue weighted by Gasteiger charge is -2.10. The summed E-state index contributed by atoms with van der Waals surface area (Å²) in [6.07, 6.45) is -4.57. The van der Waals surface area contributed by atoms with Gasteiger partial charge in [0.15, 0.2) is 5.69 Å². The number of nitrogens with one attached hydrogen (secondary N) is 1. The zero-order valence-corrected chi connectivity index (χ0v) is 11.5. The van der Waals surface area contributed by atoms with Crippen LogP contribution in [0.2, 0.25) is 5.28 Å². The van der Waals surface area contributed by atoms with Gasteiger partial charge in [0.05, 0.1) is 5.69 Å². The lowest BCUT2D eigenvalue weighted by molar-refractivity contribution is -0.141. The Morgan fingerprint density at radius 3 is 2.47 bits per heavy atom. The van der Waals surface area contributed by atoms with Crippen LogP contribution in [0.15, 0.2) is 34.8 Å². The quantitative estimate of drug-likeness (QED) is 0.799. The van der Waals surface area contributed by atoms with Gasteiger partial charge in [0, 0.05) is 10.5 Å². The average molecular weight is 353 g/mol. The van der Waals surface area contributed by atoms with Crippen molar-refractivity contribution in [3.8, 4) is 0 Å². The summed E-state index contributed by atoms with van der Waals surface area (Å²) in [7, 11) is 0. The molecule has 0 saturated heterocycles. The number of rotatable bonds is 2. The number of halogens is 5. The topological polar surface area (TPSA) is 37.8 Å². The standard InChI is InChI=1S/C11H6BrClF3N3/c12-6-3-1-2-4-7(6)17-9-5-8(11(14,15)16)18-10(13)19-9/h1-5H,(H,17,18,19). The third-order valence-corrected chi connectivity index (χ3v) is 2.99. The summed E-state index contributed by atoms with van der Waals surface area (Å²) < 4.78 is 38.4. The fourth-order valence-corrected chi connectivity index (χ4v) is 1.89. The molecule has 2 rings (SSSR count). The van der Waals surface area contributed by atoms with E-state index in [1.165, 1.54) is 0 Å². The van der Waals surface area contributed by atoms with Crippen molar-refractivity contribution in [2.45, 2.75) is 6.18 Å². The first kappa shape index (κ1) is 14.1. The van der Waals surface area contributed by atoms with Crippen molar-refractivity contribution < 1.29 is 13.2 Å². The Bertz CT molecular complexity index is 604. The maximum Gasteiger partial charge on any atom is 0.433 e. The second-order valence-electron chi connectivity index (χ2n) is 3.51. The van der Waals surface area contributed by atoms with Gasteiger partial charge in [0.2, 0.25) is 5.28 Å². The van der Waals surface area contributed by atoms with Crippen LogP contribution < -0.4 is 5.32 Å². The molecular formula is C11H6BrClF3N3. The first-order valence-electron chi connectivity index (χ1n) is 4.99. The minimum absolute atomic E-state index is 0.0285. The fourth-order valence-electron chi connectivity index (χ4n) is 1.33. The lowest BCUT2D eigenvalue weighted by Crippen LogP contribution is -2.10. The van der Waals surface area contributed by atoms with Gasteiger partial charge >= 0.3 is 6.18 Å². The van der Waals surface area contributed by atoms with Crippen LogP contribution in [0.4, 0.5) is 24.7 Å². The molecule has 1 N–H and O–H groups in total. The Kier molecular flexibility index (Phi) is 3.96. The summed E-state index contributed by atoms with van der Waals surface area (Å²) in [4.78, 5) is 6.85. The van der Waals surface area contributed by atoms with Crippen molar-refractivity contribution in [2.24, 2.45) is 0 Å². The van der Waals surface area contributed by atoms with E-state index in [-0.39, 0.29) is 5.82 Å². The number of benzene rings is 1. The van der Waals surface area contributed by atoms with E-state index in [2.05, 4.69) is 31.2 Å². The first-order chi connectivity index (χ1) is 8.86. The minimum atomic E-state index is -4.57. The number of hydrogen-bond acceptors (Lipinski definition) is 3. The molecule has 3 nitrogen and oxygen atoms in total. The molecule has 0 bridgehead atoms. The van der Waals surface area contributed by atoms with Crippen molar-refractivity contribution in [2.75, 3.05) is 5.32 Å². The van der Waals surface area contributed by atoms with Crippen molar-refractivity contribution in [1.29, 1.82) is 0 Å². The van der Waals surface area contributed by atoms with E-state index in [4.69, 9.17) is 11.6 Å². The number of aromatic nitrogens is 2. The molecule has 2 aromatic rings. The molecule has 0 radical (unpaired) electrons. The zero-order chi connectivity index (χ0) is 14.0. The molecule has 0 atom stereocenters. The zero-order valence-electron chi connectivity index (χ0n) is 9.17. The van der Waals surface area contributed by atoms with Gasteiger partial charge in [-0.25, -0.2) is 9.97 Å². The van der Waals surface area contributed by atoms with E-state index in [1.54, 1.807) is 24.3 Å². The molecule has 0 amide bonds. The summed E-state index contributed by atoms with van der Waals surface area (Å²) in [6, 6.07) is 7.75. The van der Waals surface area contributed by atoms with E-state index >= 15 is 0 Å². The Labute approximate surface area is 120 Å². The van der Waals surface area contributed by atoms with Crippen LogP contribution in [0.3, 0.4) is 0 Å². The smallest absolute Gasteiger partial charge is 0.339 e. The van der Waals surface area contributed by atoms with Crippen molar-refractivity contribution in [1.82, 2.24) is 9.97 Å². The van der Waals surface area contributed by atoms with Crippen LogP contribution in [-0.4, -0.2) is 9.97 Å². The molecule has 0 aliphatic heterocycles. The van der Waals surface area contributed by atoms with Crippen LogP contribution in [-0.2, 0) is 6.18 Å². The van der Waals surface area contributed by atoms with Crippen molar-refractivity contribution >= 4 is 39.0 Å². The summed E-state index contributed by atoms with van der Waals surface area (Å²) in [5, 5.41) is 2.27. The van der Waals surface area contributed by atoms with Gasteiger partial charge in [0.1, 0.15) is 5.82 Å². The minimum Gasteiger partial charge on any atom is -0.339 e. The predicted molar refractivity (Wildman–Crippen MR) is 69.5 cm³/mol. The highest BCUT2D eigenvalue weighted by molar-refractivity contribution is 9.10. The molecule has 1 heterocycles. The van der Waals surface area contributed by atoms with Crippen LogP contribution in [0.25, 0.3) is 0 Å². The normalized spacial score (nSPS) is 11.4. The van der Waals surface area contributed by atoms with E-state index in [9.17, 15) is 13.2 Å². The molecule has 1 aromatic carbocycles. The van der Waals surface area contributed by atoms with Crippen molar-refractivity contribution in [3.63, 3.8) is 0 Å². The Morgan fingerprint density at radius 2 is 1.84 bits per heavy atom. The molecule has 0 unspecified atom stereocenters. The Morgan fingerprint density at radius 1 is 1.16 bits per heavy atom. The lowest BCUT2D eigenvalue weighted by atomic mass is 10.3. The van der Waals surface area contributed by atoms with Gasteiger partial charge in [-0.2, -0.15) is 13.2 Å². The van der Waals surface area contributed by atoms with Crippen LogP contribution in [0.1, 0.15) is 5.69 Å². The molecule has 0 spiro atoms. The van der Waals surface area contributed by atoms with Gasteiger partial charge in [-0.1, -0.05) is 12.1 Å². The van der Waals surface area contributed by atoms with Gasteiger partial charge in [0.25, 0.3) is 0 Å². The second kappa shape index (κ2) is 5.34. The predicted octanol–water partition coefficient (Wildman–Crippen LogP) is 4.65. The molecule has 0 saturated carbocycles. The van der Waals surface area contributed by atoms with Crippen LogP contribution in [0, 0.1) is 0 Å². The van der Waals surface area contributed by atoms with E-state index in [0.29, 0.717) is 10.2 Å². The highest BCUT2D eigenvalue weighted by Crippen LogP contribution is 2.31. The maximum absolute atomic E-state index is 12.6. The first-order valence-corrected chi connectivity index (χ1v) is 6.17. The number of hydrogen-bond donors (Lipinski definition) is 1. The number of nitrogens with zero attached hydrogens (tertiary/aromatic N) is 2. The third kappa shape index (κ3) is 3.57. The Hall–Kier alpha value is -1.34. The summed E-state index contributed by atoms with van der Waals surface area (Å²) >= 11 is 8.76. The molecule has 0 fully saturated rings. The summed E-state index contributed by atoms with van der Waals surface area (Å²) in [5.74, 6) is -0.0285. The monoisotopic (exact) mass is 351 g/mol. The van der Waals surface area contributed by atoms with Crippen LogP contribution in [0.5, 0.6) is 0 Å². The molecule has 8 heteroatoms. The molecule has 100 valence electrons. The number of anilines is 2. The molecule has 0 aliphatic rings. The average Bonchev–Trinajstić information content (AvgIpc) is 2.30. The van der Waals surface area contributed by atoms with Crippen molar-refractivity contribution in [3.05, 3.63) is 45.8 Å². The number of para-hydroxylation sites is 1. The Balaban J connectivity index is 2.36. The van der Waals surface area contributed by atoms with Gasteiger partial charge < -0.3 is 5.32 Å². The highest BCUT2D eigenvalue weighted by atomic mass is 79.9. The van der Waals surface area contributed by atoms with Gasteiger partial charge in [-0.15, -0.1) is 0 Å². The van der Waals surface area contributed by atoms with Gasteiger partial charge in [-0.3, -0.25) is 0 Å². The number of alkyl halides is 3. The van der Waals surface area contributed by atoms with Gasteiger partial charge in [-0.05, 0) is 39.7 Å². The molecule has 1 aromatic heterocycles. The SMILES string of the molecule is FC(F)(F)c1cc(Nc2ccccc2Br)nc(Cl)n1. The third-order valence-electron chi connectivity index (χ3n) is 2.13. The summed E-state index contributed by atoms with van der Waals surface area (Å²) in [5.41, 5.74) is -0.521. The van der Waals surface area contributed by atoms with E-state index in [1.807, 2.05) is 0 Å². The second-order valence-corrected chi connectivity index (χ2v) is 4.70. The van der Waals surface area contributed by atoms with E-state index in [0.717, 1.165) is 6.07 Å².